The number of carboxylic acid groups (broad SMARTS) is 1. The van der Waals surface area contributed by atoms with E-state index in [1.54, 1.807) is 11.7 Å². The third-order valence-corrected chi connectivity index (χ3v) is 2.71. The van der Waals surface area contributed by atoms with Gasteiger partial charge in [0.25, 0.3) is 0 Å². The van der Waals surface area contributed by atoms with Crippen LogP contribution in [0.2, 0.25) is 0 Å². The highest BCUT2D eigenvalue weighted by molar-refractivity contribution is 7.09. The molecule has 2 rings (SSSR count). The van der Waals surface area contributed by atoms with Gasteiger partial charge in [-0.1, -0.05) is 0 Å². The van der Waals surface area contributed by atoms with Crippen LogP contribution in [0.4, 0.5) is 5.82 Å². The van der Waals surface area contributed by atoms with E-state index in [4.69, 9.17) is 5.11 Å². The molecule has 0 spiro atoms. The van der Waals surface area contributed by atoms with Crippen molar-refractivity contribution in [3.8, 4) is 0 Å². The first-order valence-electron chi connectivity index (χ1n) is 4.56. The largest absolute Gasteiger partial charge is 0.478 e. The van der Waals surface area contributed by atoms with E-state index in [9.17, 15) is 4.79 Å². The van der Waals surface area contributed by atoms with Gasteiger partial charge in [-0.25, -0.2) is 9.78 Å². The predicted molar refractivity (Wildman–Crippen MR) is 60.6 cm³/mol. The minimum Gasteiger partial charge on any atom is -0.478 e. The summed E-state index contributed by atoms with van der Waals surface area (Å²) in [5.74, 6) is -0.406. The van der Waals surface area contributed by atoms with E-state index < -0.39 is 5.97 Å². The molecule has 0 unspecified atom stereocenters. The molecule has 0 amide bonds. The van der Waals surface area contributed by atoms with Crippen LogP contribution in [-0.2, 0) is 6.54 Å². The lowest BCUT2D eigenvalue weighted by molar-refractivity contribution is 0.0697. The Hall–Kier alpha value is -1.95. The van der Waals surface area contributed by atoms with Gasteiger partial charge in [-0.3, -0.25) is 4.98 Å². The van der Waals surface area contributed by atoms with Gasteiger partial charge >= 0.3 is 5.97 Å². The Balaban J connectivity index is 2.04. The van der Waals surface area contributed by atoms with Gasteiger partial charge in [0.1, 0.15) is 5.82 Å². The minimum absolute atomic E-state index is 0.224. The molecule has 5 nitrogen and oxygen atoms in total. The zero-order valence-corrected chi connectivity index (χ0v) is 9.07. The molecule has 0 atom stereocenters. The molecule has 0 aliphatic carbocycles. The van der Waals surface area contributed by atoms with Gasteiger partial charge in [-0.15, -0.1) is 11.3 Å². The lowest BCUT2D eigenvalue weighted by Crippen LogP contribution is -2.02. The summed E-state index contributed by atoms with van der Waals surface area (Å²) in [6.45, 7) is 0.598. The zero-order chi connectivity index (χ0) is 11.4. The number of hydrogen-bond donors (Lipinski definition) is 2. The van der Waals surface area contributed by atoms with Crippen LogP contribution >= 0.6 is 11.3 Å². The summed E-state index contributed by atoms with van der Waals surface area (Å²) in [5, 5.41) is 11.8. The molecular weight excluding hydrogens is 226 g/mol. The monoisotopic (exact) mass is 235 g/mol. The molecule has 82 valence electrons. The van der Waals surface area contributed by atoms with Crippen LogP contribution in [0.15, 0.2) is 30.0 Å². The fraction of sp³-hybridized carbons (Fsp3) is 0.100. The fourth-order valence-electron chi connectivity index (χ4n) is 1.17. The number of rotatable bonds is 4. The molecule has 0 bridgehead atoms. The Morgan fingerprint density at radius 2 is 2.44 bits per heavy atom. The summed E-state index contributed by atoms with van der Waals surface area (Å²) in [6, 6.07) is 2.96. The molecule has 2 N–H and O–H groups in total. The van der Waals surface area contributed by atoms with E-state index in [2.05, 4.69) is 15.3 Å². The number of pyridine rings is 1. The molecule has 2 heterocycles. The molecule has 0 aliphatic heterocycles. The quantitative estimate of drug-likeness (QED) is 0.845. The van der Waals surface area contributed by atoms with Gasteiger partial charge in [0.05, 0.1) is 17.6 Å². The Bertz CT molecular complexity index is 485. The van der Waals surface area contributed by atoms with E-state index in [1.165, 1.54) is 29.7 Å². The van der Waals surface area contributed by atoms with Crippen molar-refractivity contribution in [1.29, 1.82) is 0 Å². The fourth-order valence-corrected chi connectivity index (χ4v) is 1.70. The number of carboxylic acids is 1. The first-order chi connectivity index (χ1) is 7.75. The highest BCUT2D eigenvalue weighted by Gasteiger charge is 2.03. The first kappa shape index (κ1) is 10.6. The lowest BCUT2D eigenvalue weighted by atomic mass is 10.2. The number of nitrogens with zero attached hydrogens (tertiary/aromatic N) is 2. The van der Waals surface area contributed by atoms with Crippen molar-refractivity contribution in [3.63, 3.8) is 0 Å². The summed E-state index contributed by atoms with van der Waals surface area (Å²) in [6.07, 6.45) is 3.23. The Morgan fingerprint density at radius 3 is 3.12 bits per heavy atom. The molecule has 0 aromatic carbocycles. The topological polar surface area (TPSA) is 75.1 Å². The molecule has 16 heavy (non-hydrogen) atoms. The Morgan fingerprint density at radius 1 is 1.56 bits per heavy atom. The molecular formula is C10H9N3O2S. The number of carbonyl (C=O) groups is 1. The third kappa shape index (κ3) is 2.54. The van der Waals surface area contributed by atoms with Crippen molar-refractivity contribution in [2.75, 3.05) is 5.32 Å². The Kier molecular flexibility index (Phi) is 3.11. The second-order valence-electron chi connectivity index (χ2n) is 3.06. The summed E-state index contributed by atoms with van der Waals surface area (Å²) < 4.78 is 0. The smallest absolute Gasteiger partial charge is 0.335 e. The highest BCUT2D eigenvalue weighted by Crippen LogP contribution is 2.11. The average molecular weight is 235 g/mol. The van der Waals surface area contributed by atoms with E-state index in [1.807, 2.05) is 0 Å². The van der Waals surface area contributed by atoms with Crippen LogP contribution in [0.1, 0.15) is 15.2 Å². The molecule has 2 aromatic heterocycles. The Labute approximate surface area is 95.8 Å². The standard InChI is InChI=1S/C10H9N3O2S/c14-10(15)7-1-2-12-9(3-7)13-5-8-4-11-6-16-8/h1-4,6H,5H2,(H,12,13)(H,14,15). The second kappa shape index (κ2) is 4.71. The van der Waals surface area contributed by atoms with Crippen LogP contribution < -0.4 is 5.32 Å². The van der Waals surface area contributed by atoms with Gasteiger partial charge in [0.15, 0.2) is 0 Å². The van der Waals surface area contributed by atoms with Crippen molar-refractivity contribution >= 4 is 23.1 Å². The molecule has 0 radical (unpaired) electrons. The number of hydrogen-bond acceptors (Lipinski definition) is 5. The first-order valence-corrected chi connectivity index (χ1v) is 5.44. The van der Waals surface area contributed by atoms with Gasteiger partial charge in [0.2, 0.25) is 0 Å². The summed E-state index contributed by atoms with van der Waals surface area (Å²) in [5.41, 5.74) is 1.97. The van der Waals surface area contributed by atoms with Gasteiger partial charge in [0, 0.05) is 17.3 Å². The van der Waals surface area contributed by atoms with Crippen LogP contribution in [0, 0.1) is 0 Å². The molecule has 2 aromatic rings. The molecule has 0 aliphatic rings. The minimum atomic E-state index is -0.955. The van der Waals surface area contributed by atoms with E-state index in [0.717, 1.165) is 4.88 Å². The van der Waals surface area contributed by atoms with Crippen molar-refractivity contribution in [3.05, 3.63) is 40.5 Å². The number of nitrogens with one attached hydrogen (secondary N) is 1. The highest BCUT2D eigenvalue weighted by atomic mass is 32.1. The maximum atomic E-state index is 10.7. The van der Waals surface area contributed by atoms with Gasteiger partial charge in [-0.05, 0) is 12.1 Å². The van der Waals surface area contributed by atoms with E-state index >= 15 is 0 Å². The van der Waals surface area contributed by atoms with Crippen LogP contribution in [-0.4, -0.2) is 21.0 Å². The number of anilines is 1. The predicted octanol–water partition coefficient (Wildman–Crippen LogP) is 1.85. The normalized spacial score (nSPS) is 10.0. The summed E-state index contributed by atoms with van der Waals surface area (Å²) in [7, 11) is 0. The summed E-state index contributed by atoms with van der Waals surface area (Å²) >= 11 is 1.53. The maximum absolute atomic E-state index is 10.7. The van der Waals surface area contributed by atoms with Crippen molar-refractivity contribution in [1.82, 2.24) is 9.97 Å². The zero-order valence-electron chi connectivity index (χ0n) is 8.25. The van der Waals surface area contributed by atoms with Crippen LogP contribution in [0.25, 0.3) is 0 Å². The maximum Gasteiger partial charge on any atom is 0.335 e. The van der Waals surface area contributed by atoms with Gasteiger partial charge < -0.3 is 10.4 Å². The second-order valence-corrected chi connectivity index (χ2v) is 4.03. The average Bonchev–Trinajstić information content (AvgIpc) is 2.79. The molecule has 0 fully saturated rings. The van der Waals surface area contributed by atoms with Crippen molar-refractivity contribution in [2.45, 2.75) is 6.54 Å². The molecule has 6 heteroatoms. The SMILES string of the molecule is O=C(O)c1ccnc(NCc2cncs2)c1. The van der Waals surface area contributed by atoms with E-state index in [0.29, 0.717) is 12.4 Å². The van der Waals surface area contributed by atoms with Gasteiger partial charge in [-0.2, -0.15) is 0 Å². The number of aromatic nitrogens is 2. The number of aromatic carboxylic acids is 1. The molecule has 0 saturated heterocycles. The molecule has 0 saturated carbocycles. The van der Waals surface area contributed by atoms with Crippen molar-refractivity contribution < 1.29 is 9.90 Å². The summed E-state index contributed by atoms with van der Waals surface area (Å²) in [4.78, 5) is 19.8. The van der Waals surface area contributed by atoms with E-state index in [-0.39, 0.29) is 5.56 Å². The van der Waals surface area contributed by atoms with Crippen molar-refractivity contribution in [2.24, 2.45) is 0 Å². The van der Waals surface area contributed by atoms with Crippen LogP contribution in [0.5, 0.6) is 0 Å². The lowest BCUT2D eigenvalue weighted by Gasteiger charge is -2.03. The van der Waals surface area contributed by atoms with Crippen LogP contribution in [0.3, 0.4) is 0 Å². The number of thiazole rings is 1. The third-order valence-electron chi connectivity index (χ3n) is 1.93.